The van der Waals surface area contributed by atoms with E-state index in [-0.39, 0.29) is 35.3 Å². The van der Waals surface area contributed by atoms with Crippen molar-refractivity contribution in [3.05, 3.63) is 45.2 Å². The van der Waals surface area contributed by atoms with Gasteiger partial charge in [0.1, 0.15) is 5.82 Å². The number of carboxylic acid groups (broad SMARTS) is 1. The Morgan fingerprint density at radius 1 is 1.32 bits per heavy atom. The quantitative estimate of drug-likeness (QED) is 0.943. The molecule has 2 rings (SSSR count). The highest BCUT2D eigenvalue weighted by Crippen LogP contribution is 2.24. The van der Waals surface area contributed by atoms with E-state index in [1.807, 2.05) is 13.8 Å². The van der Waals surface area contributed by atoms with Crippen LogP contribution in [-0.2, 0) is 11.2 Å². The molecule has 6 heteroatoms. The van der Waals surface area contributed by atoms with Crippen LogP contribution in [0.4, 0.5) is 8.78 Å². The highest BCUT2D eigenvalue weighted by atomic mass is 19.1. The van der Waals surface area contributed by atoms with Gasteiger partial charge >= 0.3 is 5.97 Å². The number of aliphatic carboxylic acids is 1. The highest BCUT2D eigenvalue weighted by molar-refractivity contribution is 5.81. The fraction of sp³-hybridized carbons (Fsp3) is 0.375. The zero-order valence-electron chi connectivity index (χ0n) is 12.6. The van der Waals surface area contributed by atoms with Gasteiger partial charge in [0.05, 0.1) is 10.9 Å². The molecule has 0 aliphatic carbocycles. The van der Waals surface area contributed by atoms with Crippen molar-refractivity contribution in [2.45, 2.75) is 39.7 Å². The molecule has 0 saturated heterocycles. The number of carboxylic acids is 1. The van der Waals surface area contributed by atoms with Gasteiger partial charge in [0.25, 0.3) is 0 Å². The van der Waals surface area contributed by atoms with Gasteiger partial charge in [-0.05, 0) is 33.3 Å². The predicted octanol–water partition coefficient (Wildman–Crippen LogP) is 3.19. The van der Waals surface area contributed by atoms with E-state index in [2.05, 4.69) is 0 Å². The van der Waals surface area contributed by atoms with Crippen LogP contribution in [0.15, 0.2) is 16.9 Å². The molecule has 22 heavy (non-hydrogen) atoms. The lowest BCUT2D eigenvalue weighted by Crippen LogP contribution is -2.22. The van der Waals surface area contributed by atoms with Crippen LogP contribution in [-0.4, -0.2) is 15.6 Å². The third-order valence-corrected chi connectivity index (χ3v) is 3.69. The first-order chi connectivity index (χ1) is 10.2. The van der Waals surface area contributed by atoms with Crippen LogP contribution in [0.5, 0.6) is 0 Å². The summed E-state index contributed by atoms with van der Waals surface area (Å²) >= 11 is 0. The van der Waals surface area contributed by atoms with E-state index in [0.29, 0.717) is 5.69 Å². The maximum Gasteiger partial charge on any atom is 0.303 e. The van der Waals surface area contributed by atoms with E-state index >= 15 is 0 Å². The number of carbonyl (C=O) groups is 1. The molecule has 4 nitrogen and oxygen atoms in total. The summed E-state index contributed by atoms with van der Waals surface area (Å²) in [5, 5.41) is 8.75. The molecule has 0 radical (unpaired) electrons. The molecule has 118 valence electrons. The van der Waals surface area contributed by atoms with Crippen molar-refractivity contribution in [3.63, 3.8) is 0 Å². The Morgan fingerprint density at radius 3 is 2.50 bits per heavy atom. The van der Waals surface area contributed by atoms with Crippen LogP contribution in [0, 0.1) is 18.6 Å². The maximum absolute atomic E-state index is 14.2. The smallest absolute Gasteiger partial charge is 0.303 e. The van der Waals surface area contributed by atoms with Crippen LogP contribution in [0.2, 0.25) is 0 Å². The van der Waals surface area contributed by atoms with Gasteiger partial charge in [-0.2, -0.15) is 0 Å². The number of hydrogen-bond acceptors (Lipinski definition) is 2. The molecule has 0 atom stereocenters. The Morgan fingerprint density at radius 2 is 1.95 bits per heavy atom. The molecule has 1 aromatic carbocycles. The van der Waals surface area contributed by atoms with Gasteiger partial charge in [0.2, 0.25) is 0 Å². The molecule has 0 amide bonds. The van der Waals surface area contributed by atoms with E-state index in [9.17, 15) is 18.4 Å². The van der Waals surface area contributed by atoms with Crippen molar-refractivity contribution < 1.29 is 18.7 Å². The number of hydrogen-bond donors (Lipinski definition) is 1. The number of rotatable bonds is 4. The van der Waals surface area contributed by atoms with Crippen LogP contribution in [0.1, 0.15) is 37.6 Å². The largest absolute Gasteiger partial charge is 0.481 e. The molecule has 0 aliphatic heterocycles. The molecule has 1 N–H and O–H groups in total. The fourth-order valence-electron chi connectivity index (χ4n) is 2.80. The van der Waals surface area contributed by atoms with Crippen LogP contribution >= 0.6 is 0 Å². The number of fused-ring (bicyclic) bond motifs is 1. The highest BCUT2D eigenvalue weighted by Gasteiger charge is 2.19. The van der Waals surface area contributed by atoms with Gasteiger partial charge < -0.3 is 9.67 Å². The van der Waals surface area contributed by atoms with Crippen LogP contribution in [0.25, 0.3) is 10.9 Å². The Hall–Kier alpha value is -2.24. The summed E-state index contributed by atoms with van der Waals surface area (Å²) in [7, 11) is 0. The topological polar surface area (TPSA) is 59.3 Å². The van der Waals surface area contributed by atoms with E-state index < -0.39 is 23.0 Å². The normalized spacial score (nSPS) is 11.4. The van der Waals surface area contributed by atoms with E-state index in [1.165, 1.54) is 0 Å². The summed E-state index contributed by atoms with van der Waals surface area (Å²) in [6, 6.07) is 1.59. The minimum Gasteiger partial charge on any atom is -0.481 e. The molecule has 2 aromatic rings. The molecule has 1 aromatic heterocycles. The third-order valence-electron chi connectivity index (χ3n) is 3.69. The maximum atomic E-state index is 14.2. The van der Waals surface area contributed by atoms with Crippen LogP contribution < -0.4 is 5.43 Å². The lowest BCUT2D eigenvalue weighted by Gasteiger charge is -2.21. The standard InChI is InChI=1S/C16H17F2NO3/c1-8(2)19-9(3)11(4-5-14(20)21)16(22)12-6-10(17)7-13(18)15(12)19/h6-8H,4-5H2,1-3H3,(H,20,21). The molecule has 0 aliphatic rings. The summed E-state index contributed by atoms with van der Waals surface area (Å²) in [6.45, 7) is 5.29. The van der Waals surface area contributed by atoms with Crippen molar-refractivity contribution in [3.8, 4) is 0 Å². The molecule has 0 spiro atoms. The van der Waals surface area contributed by atoms with E-state index in [1.54, 1.807) is 11.5 Å². The first kappa shape index (κ1) is 16.1. The zero-order chi connectivity index (χ0) is 16.6. The molecule has 0 saturated carbocycles. The second-order valence-electron chi connectivity index (χ2n) is 5.53. The Kier molecular flexibility index (Phi) is 4.30. The average molecular weight is 309 g/mol. The zero-order valence-corrected chi connectivity index (χ0v) is 12.6. The fourth-order valence-corrected chi connectivity index (χ4v) is 2.80. The lowest BCUT2D eigenvalue weighted by atomic mass is 10.0. The second kappa shape index (κ2) is 5.87. The van der Waals surface area contributed by atoms with E-state index in [4.69, 9.17) is 5.11 Å². The molecular formula is C16H17F2NO3. The Bertz CT molecular complexity index is 809. The first-order valence-corrected chi connectivity index (χ1v) is 6.98. The molecule has 0 fully saturated rings. The third kappa shape index (κ3) is 2.73. The lowest BCUT2D eigenvalue weighted by molar-refractivity contribution is -0.136. The number of pyridine rings is 1. The number of benzene rings is 1. The molecule has 0 bridgehead atoms. The van der Waals surface area contributed by atoms with Crippen molar-refractivity contribution in [2.24, 2.45) is 0 Å². The first-order valence-electron chi connectivity index (χ1n) is 6.98. The SMILES string of the molecule is Cc1c(CCC(=O)O)c(=O)c2cc(F)cc(F)c2n1C(C)C. The van der Waals surface area contributed by atoms with Crippen molar-refractivity contribution in [2.75, 3.05) is 0 Å². The van der Waals surface area contributed by atoms with Gasteiger partial charge in [-0.15, -0.1) is 0 Å². The van der Waals surface area contributed by atoms with Gasteiger partial charge in [-0.25, -0.2) is 8.78 Å². The monoisotopic (exact) mass is 309 g/mol. The Labute approximate surface area is 126 Å². The van der Waals surface area contributed by atoms with E-state index in [0.717, 1.165) is 12.1 Å². The molecule has 0 unspecified atom stereocenters. The van der Waals surface area contributed by atoms with Gasteiger partial charge in [-0.1, -0.05) is 0 Å². The average Bonchev–Trinajstić information content (AvgIpc) is 2.39. The van der Waals surface area contributed by atoms with Crippen LogP contribution in [0.3, 0.4) is 0 Å². The molecular weight excluding hydrogens is 292 g/mol. The minimum absolute atomic E-state index is 0.0286. The van der Waals surface area contributed by atoms with Gasteiger partial charge in [0.15, 0.2) is 11.2 Å². The second-order valence-corrected chi connectivity index (χ2v) is 5.53. The van der Waals surface area contributed by atoms with Gasteiger partial charge in [-0.3, -0.25) is 9.59 Å². The number of nitrogens with zero attached hydrogens (tertiary/aromatic N) is 1. The van der Waals surface area contributed by atoms with Gasteiger partial charge in [0, 0.05) is 29.8 Å². The van der Waals surface area contributed by atoms with Crippen molar-refractivity contribution in [1.29, 1.82) is 0 Å². The summed E-state index contributed by atoms with van der Waals surface area (Å²) in [4.78, 5) is 23.3. The number of halogens is 2. The summed E-state index contributed by atoms with van der Waals surface area (Å²) in [5.41, 5.74) is 0.342. The number of aromatic nitrogens is 1. The minimum atomic E-state index is -1.03. The molecule has 1 heterocycles. The summed E-state index contributed by atoms with van der Waals surface area (Å²) < 4.78 is 29.3. The van der Waals surface area contributed by atoms with Crippen molar-refractivity contribution in [1.82, 2.24) is 4.57 Å². The van der Waals surface area contributed by atoms with Crippen molar-refractivity contribution >= 4 is 16.9 Å². The Balaban J connectivity index is 2.88. The summed E-state index contributed by atoms with van der Waals surface area (Å²) in [6.07, 6.45) is -0.182. The summed E-state index contributed by atoms with van der Waals surface area (Å²) in [5.74, 6) is -2.65. The predicted molar refractivity (Wildman–Crippen MR) is 79.2 cm³/mol.